The Morgan fingerprint density at radius 1 is 1.06 bits per heavy atom. The summed E-state index contributed by atoms with van der Waals surface area (Å²) in [5, 5.41) is 10.9. The fourth-order valence-corrected chi connectivity index (χ4v) is 5.90. The molecule has 1 heterocycles. The molecule has 3 fully saturated rings. The summed E-state index contributed by atoms with van der Waals surface area (Å²) in [6, 6.07) is 10.6. The highest BCUT2D eigenvalue weighted by Gasteiger charge is 2.56. The van der Waals surface area contributed by atoms with Gasteiger partial charge in [0.25, 0.3) is 0 Å². The Bertz CT molecular complexity index is 811. The predicted molar refractivity (Wildman–Crippen MR) is 121 cm³/mol. The number of nitrogens with zero attached hydrogens (tertiary/aromatic N) is 3. The van der Waals surface area contributed by atoms with Crippen molar-refractivity contribution in [3.8, 4) is 0 Å². The van der Waals surface area contributed by atoms with Crippen molar-refractivity contribution in [2.45, 2.75) is 75.0 Å². The van der Waals surface area contributed by atoms with Gasteiger partial charge in [0.15, 0.2) is 5.78 Å². The molecule has 1 aromatic carbocycles. The Balaban J connectivity index is 1.60. The van der Waals surface area contributed by atoms with Crippen LogP contribution in [0.2, 0.25) is 0 Å². The van der Waals surface area contributed by atoms with Gasteiger partial charge in [0.05, 0.1) is 24.2 Å². The third-order valence-electron chi connectivity index (χ3n) is 8.23. The number of amides is 2. The van der Waals surface area contributed by atoms with Crippen LogP contribution in [0.15, 0.2) is 30.3 Å². The SMILES string of the molecule is CCC(=O)CN1CC2(CCC(c3ccccc3)(N(C)C)CC2)N(CC2(O)CCC2)C1=O. The summed E-state index contributed by atoms with van der Waals surface area (Å²) in [5.41, 5.74) is 0.205. The van der Waals surface area contributed by atoms with Crippen molar-refractivity contribution in [1.29, 1.82) is 0 Å². The Morgan fingerprint density at radius 3 is 2.23 bits per heavy atom. The molecule has 0 radical (unpaired) electrons. The second-order valence-electron chi connectivity index (χ2n) is 10.2. The van der Waals surface area contributed by atoms with Crippen LogP contribution >= 0.6 is 0 Å². The maximum atomic E-state index is 13.4. The van der Waals surface area contributed by atoms with Gasteiger partial charge in [0, 0.05) is 18.5 Å². The molecule has 170 valence electrons. The number of β-amino-alcohol motifs (C(OH)–C–C–N with tert-alkyl or cyclic N) is 1. The minimum atomic E-state index is -0.761. The average molecular weight is 428 g/mol. The lowest BCUT2D eigenvalue weighted by atomic mass is 9.67. The van der Waals surface area contributed by atoms with Gasteiger partial charge >= 0.3 is 6.03 Å². The summed E-state index contributed by atoms with van der Waals surface area (Å²) in [4.78, 5) is 31.6. The van der Waals surface area contributed by atoms with Crippen molar-refractivity contribution >= 4 is 11.8 Å². The van der Waals surface area contributed by atoms with Gasteiger partial charge in [0.1, 0.15) is 0 Å². The van der Waals surface area contributed by atoms with Crippen molar-refractivity contribution < 1.29 is 14.7 Å². The molecule has 0 unspecified atom stereocenters. The summed E-state index contributed by atoms with van der Waals surface area (Å²) in [6.45, 7) is 3.01. The first-order chi connectivity index (χ1) is 14.7. The van der Waals surface area contributed by atoms with Crippen molar-refractivity contribution in [2.75, 3.05) is 33.7 Å². The lowest BCUT2D eigenvalue weighted by Crippen LogP contribution is -2.59. The topological polar surface area (TPSA) is 64.1 Å². The van der Waals surface area contributed by atoms with E-state index >= 15 is 0 Å². The second kappa shape index (κ2) is 8.21. The van der Waals surface area contributed by atoms with Gasteiger partial charge in [0.2, 0.25) is 0 Å². The minimum Gasteiger partial charge on any atom is -0.388 e. The number of aliphatic hydroxyl groups is 1. The largest absolute Gasteiger partial charge is 0.388 e. The van der Waals surface area contributed by atoms with Crippen LogP contribution in [0.4, 0.5) is 4.79 Å². The van der Waals surface area contributed by atoms with E-state index < -0.39 is 5.60 Å². The van der Waals surface area contributed by atoms with Crippen molar-refractivity contribution in [3.63, 3.8) is 0 Å². The lowest BCUT2D eigenvalue weighted by molar-refractivity contribution is -0.119. The van der Waals surface area contributed by atoms with Crippen LogP contribution in [0.1, 0.15) is 63.9 Å². The molecular weight excluding hydrogens is 390 g/mol. The molecule has 0 bridgehead atoms. The van der Waals surface area contributed by atoms with Gasteiger partial charge in [-0.2, -0.15) is 0 Å². The van der Waals surface area contributed by atoms with Crippen LogP contribution in [0.3, 0.4) is 0 Å². The van der Waals surface area contributed by atoms with Gasteiger partial charge in [-0.1, -0.05) is 37.3 Å². The zero-order valence-corrected chi connectivity index (χ0v) is 19.3. The van der Waals surface area contributed by atoms with E-state index in [-0.39, 0.29) is 29.4 Å². The number of ketones is 1. The highest BCUT2D eigenvalue weighted by atomic mass is 16.3. The number of carbonyl (C=O) groups is 2. The number of carbonyl (C=O) groups excluding carboxylic acids is 2. The summed E-state index contributed by atoms with van der Waals surface area (Å²) >= 11 is 0. The highest BCUT2D eigenvalue weighted by Crippen LogP contribution is 2.50. The average Bonchev–Trinajstić information content (AvgIpc) is 2.99. The number of Topliss-reactive ketones (excluding diaryl/α,β-unsaturated/α-hetero) is 1. The quantitative estimate of drug-likeness (QED) is 0.725. The lowest BCUT2D eigenvalue weighted by Gasteiger charge is -2.52. The molecule has 2 aliphatic carbocycles. The standard InChI is InChI=1S/C25H37N3O3/c1-4-21(29)17-27-18-23(28(22(27)30)19-24(31)11-8-12-24)13-15-25(16-14-23,26(2)3)20-9-6-5-7-10-20/h5-7,9-10,31H,4,8,11-19H2,1-3H3. The molecule has 1 aromatic rings. The summed E-state index contributed by atoms with van der Waals surface area (Å²) in [6.07, 6.45) is 6.61. The van der Waals surface area contributed by atoms with Gasteiger partial charge in [-0.05, 0) is 64.6 Å². The molecule has 1 spiro atoms. The number of rotatable bonds is 7. The Kier molecular flexibility index (Phi) is 5.90. The molecule has 0 atom stereocenters. The van der Waals surface area contributed by atoms with Gasteiger partial charge in [-0.15, -0.1) is 0 Å². The van der Waals surface area contributed by atoms with Crippen molar-refractivity contribution in [3.05, 3.63) is 35.9 Å². The first-order valence-electron chi connectivity index (χ1n) is 11.8. The number of urea groups is 1. The van der Waals surface area contributed by atoms with Crippen LogP contribution in [0.25, 0.3) is 0 Å². The third-order valence-corrected chi connectivity index (χ3v) is 8.23. The fourth-order valence-electron chi connectivity index (χ4n) is 5.90. The molecule has 2 saturated carbocycles. The summed E-state index contributed by atoms with van der Waals surface area (Å²) < 4.78 is 0. The normalized spacial score (nSPS) is 30.2. The van der Waals surface area contributed by atoms with E-state index in [0.29, 0.717) is 19.5 Å². The summed E-state index contributed by atoms with van der Waals surface area (Å²) in [5.74, 6) is 0.0930. The van der Waals surface area contributed by atoms with Crippen molar-refractivity contribution in [1.82, 2.24) is 14.7 Å². The van der Waals surface area contributed by atoms with E-state index in [9.17, 15) is 14.7 Å². The number of hydrogen-bond donors (Lipinski definition) is 1. The van der Waals surface area contributed by atoms with Crippen LogP contribution in [0, 0.1) is 0 Å². The molecule has 1 aliphatic heterocycles. The number of hydrogen-bond acceptors (Lipinski definition) is 4. The molecule has 6 nitrogen and oxygen atoms in total. The van der Waals surface area contributed by atoms with E-state index in [1.165, 1.54) is 5.56 Å². The van der Waals surface area contributed by atoms with Gasteiger partial charge < -0.3 is 14.9 Å². The molecular formula is C25H37N3O3. The maximum absolute atomic E-state index is 13.4. The van der Waals surface area contributed by atoms with E-state index in [1.54, 1.807) is 4.90 Å². The number of benzene rings is 1. The van der Waals surface area contributed by atoms with Crippen LogP contribution in [-0.2, 0) is 10.3 Å². The van der Waals surface area contributed by atoms with Crippen LogP contribution in [0.5, 0.6) is 0 Å². The van der Waals surface area contributed by atoms with E-state index in [1.807, 2.05) is 11.8 Å². The fraction of sp³-hybridized carbons (Fsp3) is 0.680. The van der Waals surface area contributed by atoms with E-state index in [4.69, 9.17) is 0 Å². The van der Waals surface area contributed by atoms with Gasteiger partial charge in [-0.25, -0.2) is 4.79 Å². The molecule has 6 heteroatoms. The minimum absolute atomic E-state index is 0.0543. The molecule has 1 saturated heterocycles. The zero-order chi connectivity index (χ0) is 22.3. The highest BCUT2D eigenvalue weighted by molar-refractivity contribution is 5.87. The van der Waals surface area contributed by atoms with E-state index in [2.05, 4.69) is 49.3 Å². The maximum Gasteiger partial charge on any atom is 0.321 e. The smallest absolute Gasteiger partial charge is 0.321 e. The Morgan fingerprint density at radius 2 is 1.71 bits per heavy atom. The molecule has 2 amide bonds. The predicted octanol–water partition coefficient (Wildman–Crippen LogP) is 3.39. The molecule has 31 heavy (non-hydrogen) atoms. The Hall–Kier alpha value is -1.92. The van der Waals surface area contributed by atoms with Crippen LogP contribution in [-0.4, -0.2) is 76.5 Å². The molecule has 3 aliphatic rings. The van der Waals surface area contributed by atoms with Gasteiger partial charge in [-0.3, -0.25) is 9.69 Å². The summed E-state index contributed by atoms with van der Waals surface area (Å²) in [7, 11) is 4.29. The molecule has 4 rings (SSSR count). The van der Waals surface area contributed by atoms with Crippen molar-refractivity contribution in [2.24, 2.45) is 0 Å². The zero-order valence-electron chi connectivity index (χ0n) is 19.3. The Labute approximate surface area is 186 Å². The molecule has 0 aromatic heterocycles. The second-order valence-corrected chi connectivity index (χ2v) is 10.2. The van der Waals surface area contributed by atoms with Crippen LogP contribution < -0.4 is 0 Å². The first-order valence-corrected chi connectivity index (χ1v) is 11.8. The third kappa shape index (κ3) is 3.89. The first kappa shape index (κ1) is 22.3. The van der Waals surface area contributed by atoms with E-state index in [0.717, 1.165) is 44.9 Å². The monoisotopic (exact) mass is 427 g/mol. The molecule has 1 N–H and O–H groups in total.